The molecule has 0 fully saturated rings. The molecule has 0 radical (unpaired) electrons. The molecule has 1 nitrogen and oxygen atoms in total. The van der Waals surface area contributed by atoms with Gasteiger partial charge in [-0.05, 0) is 72.8 Å². The molecule has 0 heterocycles. The molecule has 0 amide bonds. The van der Waals surface area contributed by atoms with E-state index in [0.717, 1.165) is 30.3 Å². The zero-order valence-electron chi connectivity index (χ0n) is 6.92. The van der Waals surface area contributed by atoms with Crippen LogP contribution in [0.15, 0.2) is 13.4 Å². The topological polar surface area (TPSA) is 9.23 Å². The van der Waals surface area contributed by atoms with Gasteiger partial charge in [0.15, 0.2) is 22.0 Å². The average molecular weight is 438 g/mol. The minimum absolute atomic E-state index is 0.799. The van der Waals surface area contributed by atoms with E-state index in [4.69, 9.17) is 3.83 Å². The van der Waals surface area contributed by atoms with Crippen molar-refractivity contribution in [3.8, 4) is 5.75 Å². The van der Waals surface area contributed by atoms with Gasteiger partial charge in [-0.15, -0.1) is 0 Å². The van der Waals surface area contributed by atoms with Gasteiger partial charge in [-0.1, -0.05) is 0 Å². The van der Waals surface area contributed by atoms with Crippen LogP contribution in [0.3, 0.4) is 0 Å². The minimum atomic E-state index is 0.799. The van der Waals surface area contributed by atoms with Gasteiger partial charge in [-0.25, -0.2) is 0 Å². The smallest absolute Gasteiger partial charge is 0.179 e. The van der Waals surface area contributed by atoms with Crippen LogP contribution in [0.4, 0.5) is 0 Å². The molecule has 13 heavy (non-hydrogen) atoms. The highest BCUT2D eigenvalue weighted by Gasteiger charge is 2.15. The van der Waals surface area contributed by atoms with Gasteiger partial charge >= 0.3 is 0 Å². The summed E-state index contributed by atoms with van der Waals surface area (Å²) in [6.07, 6.45) is 0. The molecular weight excluding hydrogens is 432 g/mol. The van der Waals surface area contributed by atoms with Crippen LogP contribution in [0.1, 0.15) is 11.1 Å². The molecule has 5 heteroatoms. The van der Waals surface area contributed by atoms with Gasteiger partial charge in [-0.2, -0.15) is 0 Å². The van der Waals surface area contributed by atoms with E-state index in [1.165, 1.54) is 0 Å². The lowest BCUT2D eigenvalue weighted by Crippen LogP contribution is -1.90. The van der Waals surface area contributed by atoms with E-state index < -0.39 is 0 Å². The van der Waals surface area contributed by atoms with Crippen molar-refractivity contribution in [3.05, 3.63) is 24.5 Å². The van der Waals surface area contributed by atoms with Crippen molar-refractivity contribution < 1.29 is 3.83 Å². The summed E-state index contributed by atoms with van der Waals surface area (Å²) in [4.78, 5) is 0. The van der Waals surface area contributed by atoms with E-state index in [-0.39, 0.29) is 0 Å². The molecule has 0 spiro atoms. The van der Waals surface area contributed by atoms with Crippen LogP contribution in [0.2, 0.25) is 0 Å². The van der Waals surface area contributed by atoms with Gasteiger partial charge in [0.25, 0.3) is 0 Å². The van der Waals surface area contributed by atoms with E-state index in [2.05, 4.69) is 64.0 Å². The zero-order chi connectivity index (χ0) is 10.2. The van der Waals surface area contributed by atoms with Crippen molar-refractivity contribution >= 4 is 64.0 Å². The van der Waals surface area contributed by atoms with Crippen LogP contribution < -0.4 is 3.83 Å². The number of hydrogen-bond acceptors (Lipinski definition) is 1. The van der Waals surface area contributed by atoms with Crippen molar-refractivity contribution in [2.75, 3.05) is 0 Å². The Morgan fingerprint density at radius 3 is 1.85 bits per heavy atom. The first kappa shape index (κ1) is 12.0. The summed E-state index contributed by atoms with van der Waals surface area (Å²) in [6, 6.07) is 0. The second kappa shape index (κ2) is 4.64. The standard InChI is InChI=1S/C8H6Br4O/c1-3-4(2)8(13-12)7(11)6(10)5(3)9/h1-2H3. The van der Waals surface area contributed by atoms with Crippen LogP contribution in [-0.2, 0) is 0 Å². The molecule has 0 aliphatic rings. The molecule has 0 bridgehead atoms. The lowest BCUT2D eigenvalue weighted by atomic mass is 10.1. The number of benzene rings is 1. The molecule has 72 valence electrons. The molecule has 0 N–H and O–H groups in total. The Balaban J connectivity index is 3.56. The van der Waals surface area contributed by atoms with E-state index >= 15 is 0 Å². The van der Waals surface area contributed by atoms with Crippen molar-refractivity contribution in [2.45, 2.75) is 13.8 Å². The Morgan fingerprint density at radius 2 is 1.38 bits per heavy atom. The lowest BCUT2D eigenvalue weighted by molar-refractivity contribution is 0.663. The molecule has 0 unspecified atom stereocenters. The number of halogens is 4. The molecule has 1 rings (SSSR count). The third-order valence-electron chi connectivity index (χ3n) is 1.89. The third-order valence-corrected chi connectivity index (χ3v) is 5.82. The molecule has 0 atom stereocenters. The van der Waals surface area contributed by atoms with Crippen molar-refractivity contribution in [2.24, 2.45) is 0 Å². The highest BCUT2D eigenvalue weighted by molar-refractivity contribution is 9.14. The Labute approximate surface area is 111 Å². The van der Waals surface area contributed by atoms with Crippen molar-refractivity contribution in [1.29, 1.82) is 0 Å². The second-order valence-electron chi connectivity index (χ2n) is 2.60. The molecule has 0 aromatic heterocycles. The predicted molar refractivity (Wildman–Crippen MR) is 68.6 cm³/mol. The SMILES string of the molecule is Cc1c(C)c(OBr)c(Br)c(Br)c1Br. The van der Waals surface area contributed by atoms with Gasteiger partial charge in [-0.3, -0.25) is 0 Å². The van der Waals surface area contributed by atoms with Gasteiger partial charge in [0.2, 0.25) is 0 Å². The fourth-order valence-electron chi connectivity index (χ4n) is 0.952. The van der Waals surface area contributed by atoms with Crippen molar-refractivity contribution in [1.82, 2.24) is 0 Å². The Morgan fingerprint density at radius 1 is 0.846 bits per heavy atom. The molecule has 0 saturated heterocycles. The third kappa shape index (κ3) is 2.13. The maximum absolute atomic E-state index is 5.11. The monoisotopic (exact) mass is 434 g/mol. The van der Waals surface area contributed by atoms with Crippen molar-refractivity contribution in [3.63, 3.8) is 0 Å². The van der Waals surface area contributed by atoms with E-state index in [0.29, 0.717) is 0 Å². The lowest BCUT2D eigenvalue weighted by Gasteiger charge is -2.12. The van der Waals surface area contributed by atoms with Crippen LogP contribution in [0, 0.1) is 13.8 Å². The summed E-state index contributed by atoms with van der Waals surface area (Å²) in [6.45, 7) is 4.04. The average Bonchev–Trinajstić information content (AvgIpc) is 2.13. The van der Waals surface area contributed by atoms with Crippen LogP contribution >= 0.6 is 64.0 Å². The van der Waals surface area contributed by atoms with E-state index in [1.54, 1.807) is 0 Å². The highest BCUT2D eigenvalue weighted by Crippen LogP contribution is 2.43. The normalized spacial score (nSPS) is 10.3. The molecule has 1 aromatic carbocycles. The first-order valence-corrected chi connectivity index (χ1v) is 6.45. The molecular formula is C8H6Br4O. The maximum atomic E-state index is 5.11. The second-order valence-corrected chi connectivity index (χ2v) is 5.30. The first-order valence-electron chi connectivity index (χ1n) is 3.43. The number of hydrogen-bond donors (Lipinski definition) is 0. The zero-order valence-corrected chi connectivity index (χ0v) is 13.3. The van der Waals surface area contributed by atoms with Crippen LogP contribution in [-0.4, -0.2) is 0 Å². The maximum Gasteiger partial charge on any atom is 0.179 e. The highest BCUT2D eigenvalue weighted by atomic mass is 79.9. The number of rotatable bonds is 1. The molecule has 1 aromatic rings. The first-order chi connectivity index (χ1) is 6.00. The van der Waals surface area contributed by atoms with Gasteiger partial charge < -0.3 is 3.83 Å². The molecule has 0 aliphatic carbocycles. The summed E-state index contributed by atoms with van der Waals surface area (Å²) in [5, 5.41) is 0. The van der Waals surface area contributed by atoms with Gasteiger partial charge in [0.1, 0.15) is 0 Å². The van der Waals surface area contributed by atoms with E-state index in [9.17, 15) is 0 Å². The Bertz CT molecular complexity index is 319. The molecule has 0 aliphatic heterocycles. The fourth-order valence-corrected chi connectivity index (χ4v) is 3.39. The Hall–Kier alpha value is 0.940. The van der Waals surface area contributed by atoms with Crippen LogP contribution in [0.5, 0.6) is 5.75 Å². The van der Waals surface area contributed by atoms with Gasteiger partial charge in [0, 0.05) is 4.47 Å². The Kier molecular flexibility index (Phi) is 4.29. The quantitative estimate of drug-likeness (QED) is 0.543. The largest absolute Gasteiger partial charge is 0.416 e. The summed E-state index contributed by atoms with van der Waals surface area (Å²) >= 11 is 13.4. The summed E-state index contributed by atoms with van der Waals surface area (Å²) < 4.78 is 8.02. The van der Waals surface area contributed by atoms with Gasteiger partial charge in [0.05, 0.1) is 8.95 Å². The predicted octanol–water partition coefficient (Wildman–Crippen LogP) is 5.28. The molecule has 0 saturated carbocycles. The fraction of sp³-hybridized carbons (Fsp3) is 0.250. The van der Waals surface area contributed by atoms with Crippen LogP contribution in [0.25, 0.3) is 0 Å². The summed E-state index contributed by atoms with van der Waals surface area (Å²) in [5.74, 6) is 0.799. The van der Waals surface area contributed by atoms with E-state index in [1.807, 2.05) is 13.8 Å². The summed E-state index contributed by atoms with van der Waals surface area (Å²) in [5.41, 5.74) is 2.25. The minimum Gasteiger partial charge on any atom is -0.416 e. The summed E-state index contributed by atoms with van der Waals surface area (Å²) in [7, 11) is 0.